The highest BCUT2D eigenvalue weighted by atomic mass is 32.2. The van der Waals surface area contributed by atoms with E-state index in [9.17, 15) is 17.4 Å². The molecular formula is C14H12F3NOS. The molecule has 2 nitrogen and oxygen atoms in total. The normalized spacial score (nSPS) is 12.4. The molecule has 1 atom stereocenters. The third-order valence-electron chi connectivity index (χ3n) is 2.78. The zero-order valence-corrected chi connectivity index (χ0v) is 11.2. The minimum absolute atomic E-state index is 0.0392. The first-order chi connectivity index (χ1) is 9.51. The Bertz CT molecular complexity index is 661. The van der Waals surface area contributed by atoms with E-state index in [-0.39, 0.29) is 17.2 Å². The lowest BCUT2D eigenvalue weighted by molar-refractivity contribution is 0.505. The molecule has 2 N–H and O–H groups in total. The lowest BCUT2D eigenvalue weighted by Crippen LogP contribution is -2.03. The molecule has 0 bridgehead atoms. The van der Waals surface area contributed by atoms with Crippen LogP contribution in [0.1, 0.15) is 11.1 Å². The van der Waals surface area contributed by atoms with Crippen molar-refractivity contribution in [2.75, 3.05) is 0 Å². The minimum atomic E-state index is -1.54. The molecule has 0 fully saturated rings. The maximum Gasteiger partial charge on any atom is 0.160 e. The van der Waals surface area contributed by atoms with Gasteiger partial charge in [0.25, 0.3) is 0 Å². The third-order valence-corrected chi connectivity index (χ3v) is 4.16. The van der Waals surface area contributed by atoms with Gasteiger partial charge >= 0.3 is 0 Å². The molecule has 0 amide bonds. The van der Waals surface area contributed by atoms with Crippen molar-refractivity contribution in [1.29, 1.82) is 0 Å². The van der Waals surface area contributed by atoms with E-state index < -0.39 is 28.3 Å². The second-order valence-corrected chi connectivity index (χ2v) is 5.65. The molecule has 0 spiro atoms. The number of halogens is 3. The molecule has 1 unspecified atom stereocenters. The summed E-state index contributed by atoms with van der Waals surface area (Å²) in [6.07, 6.45) is 0. The van der Waals surface area contributed by atoms with E-state index in [1.165, 1.54) is 24.3 Å². The Morgan fingerprint density at radius 1 is 0.950 bits per heavy atom. The summed E-state index contributed by atoms with van der Waals surface area (Å²) in [5.41, 5.74) is 6.34. The van der Waals surface area contributed by atoms with E-state index >= 15 is 0 Å². The molecule has 0 radical (unpaired) electrons. The van der Waals surface area contributed by atoms with Gasteiger partial charge in [0.1, 0.15) is 5.82 Å². The molecule has 2 aromatic carbocycles. The van der Waals surface area contributed by atoms with E-state index in [1.54, 1.807) is 0 Å². The zero-order chi connectivity index (χ0) is 14.7. The lowest BCUT2D eigenvalue weighted by atomic mass is 10.1. The van der Waals surface area contributed by atoms with E-state index in [4.69, 9.17) is 5.73 Å². The molecule has 6 heteroatoms. The van der Waals surface area contributed by atoms with Crippen molar-refractivity contribution in [2.45, 2.75) is 17.2 Å². The Balaban J connectivity index is 2.21. The number of nitrogens with two attached hydrogens (primary N) is 1. The second-order valence-electron chi connectivity index (χ2n) is 4.20. The van der Waals surface area contributed by atoms with Crippen LogP contribution in [-0.4, -0.2) is 4.21 Å². The second kappa shape index (κ2) is 6.19. The highest BCUT2D eigenvalue weighted by molar-refractivity contribution is 7.84. The Kier molecular flexibility index (Phi) is 4.57. The molecule has 0 saturated carbocycles. The zero-order valence-electron chi connectivity index (χ0n) is 10.4. The molecule has 0 saturated heterocycles. The Morgan fingerprint density at radius 3 is 2.30 bits per heavy atom. The van der Waals surface area contributed by atoms with Gasteiger partial charge in [-0.15, -0.1) is 0 Å². The first-order valence-corrected chi connectivity index (χ1v) is 7.14. The largest absolute Gasteiger partial charge is 0.326 e. The predicted octanol–water partition coefficient (Wildman–Crippen LogP) is 2.87. The van der Waals surface area contributed by atoms with Gasteiger partial charge in [-0.1, -0.05) is 12.1 Å². The van der Waals surface area contributed by atoms with Crippen molar-refractivity contribution in [2.24, 2.45) is 5.73 Å². The van der Waals surface area contributed by atoms with Gasteiger partial charge in [0, 0.05) is 17.0 Å². The fraction of sp³-hybridized carbons (Fsp3) is 0.143. The fourth-order valence-electron chi connectivity index (χ4n) is 1.73. The van der Waals surface area contributed by atoms with Crippen LogP contribution < -0.4 is 5.73 Å². The van der Waals surface area contributed by atoms with Crippen LogP contribution in [0.5, 0.6) is 0 Å². The van der Waals surface area contributed by atoms with Crippen LogP contribution >= 0.6 is 0 Å². The van der Waals surface area contributed by atoms with Crippen molar-refractivity contribution < 1.29 is 17.4 Å². The maximum absolute atomic E-state index is 13.3. The summed E-state index contributed by atoms with van der Waals surface area (Å²) in [5, 5.41) is 0. The van der Waals surface area contributed by atoms with E-state index in [1.807, 2.05) is 0 Å². The van der Waals surface area contributed by atoms with Crippen LogP contribution in [0, 0.1) is 17.5 Å². The molecule has 2 rings (SSSR count). The van der Waals surface area contributed by atoms with Crippen LogP contribution in [-0.2, 0) is 23.1 Å². The number of benzene rings is 2. The van der Waals surface area contributed by atoms with Crippen molar-refractivity contribution in [1.82, 2.24) is 0 Å². The molecular weight excluding hydrogens is 287 g/mol. The number of hydrogen-bond donors (Lipinski definition) is 1. The quantitative estimate of drug-likeness (QED) is 0.943. The van der Waals surface area contributed by atoms with Crippen LogP contribution in [0.15, 0.2) is 41.3 Å². The summed E-state index contributed by atoms with van der Waals surface area (Å²) >= 11 is 0. The topological polar surface area (TPSA) is 43.1 Å². The number of rotatable bonds is 4. The molecule has 0 aliphatic carbocycles. The van der Waals surface area contributed by atoms with Gasteiger partial charge in [-0.25, -0.2) is 13.2 Å². The molecule has 0 aliphatic rings. The van der Waals surface area contributed by atoms with E-state index in [0.29, 0.717) is 11.1 Å². The van der Waals surface area contributed by atoms with Gasteiger partial charge in [0.15, 0.2) is 11.6 Å². The summed E-state index contributed by atoms with van der Waals surface area (Å²) in [6.45, 7) is 0.0392. The highest BCUT2D eigenvalue weighted by Crippen LogP contribution is 2.17. The van der Waals surface area contributed by atoms with Gasteiger partial charge < -0.3 is 5.73 Å². The van der Waals surface area contributed by atoms with Crippen LogP contribution in [0.25, 0.3) is 0 Å². The Morgan fingerprint density at radius 2 is 1.65 bits per heavy atom. The first-order valence-electron chi connectivity index (χ1n) is 5.82. The summed E-state index contributed by atoms with van der Waals surface area (Å²) in [5.74, 6) is -2.37. The summed E-state index contributed by atoms with van der Waals surface area (Å²) in [4.78, 5) is 0.183. The SMILES string of the molecule is NCc1cc(CS(=O)c2ccc(F)c(F)c2)ccc1F. The highest BCUT2D eigenvalue weighted by Gasteiger charge is 2.10. The van der Waals surface area contributed by atoms with Gasteiger partial charge in [-0.2, -0.15) is 0 Å². The van der Waals surface area contributed by atoms with Crippen molar-refractivity contribution in [3.8, 4) is 0 Å². The summed E-state index contributed by atoms with van der Waals surface area (Å²) in [6, 6.07) is 7.36. The average Bonchev–Trinajstić information content (AvgIpc) is 2.43. The molecule has 106 valence electrons. The maximum atomic E-state index is 13.3. The Labute approximate surface area is 116 Å². The van der Waals surface area contributed by atoms with Crippen LogP contribution in [0.3, 0.4) is 0 Å². The third kappa shape index (κ3) is 3.26. The van der Waals surface area contributed by atoms with Gasteiger partial charge in [-0.05, 0) is 29.8 Å². The minimum Gasteiger partial charge on any atom is -0.326 e. The average molecular weight is 299 g/mol. The van der Waals surface area contributed by atoms with Crippen molar-refractivity contribution in [3.63, 3.8) is 0 Å². The monoisotopic (exact) mass is 299 g/mol. The Hall–Kier alpha value is -1.66. The van der Waals surface area contributed by atoms with E-state index in [2.05, 4.69) is 0 Å². The molecule has 0 aromatic heterocycles. The smallest absolute Gasteiger partial charge is 0.160 e. The summed E-state index contributed by atoms with van der Waals surface area (Å²) in [7, 11) is -1.54. The van der Waals surface area contributed by atoms with E-state index in [0.717, 1.165) is 12.1 Å². The fourth-order valence-corrected chi connectivity index (χ4v) is 2.83. The van der Waals surface area contributed by atoms with Crippen LogP contribution in [0.4, 0.5) is 13.2 Å². The summed E-state index contributed by atoms with van der Waals surface area (Å²) < 4.78 is 51.2. The van der Waals surface area contributed by atoms with Crippen molar-refractivity contribution >= 4 is 10.8 Å². The molecule has 2 aromatic rings. The lowest BCUT2D eigenvalue weighted by Gasteiger charge is -2.06. The molecule has 0 heterocycles. The van der Waals surface area contributed by atoms with Gasteiger partial charge in [-0.3, -0.25) is 4.21 Å². The predicted molar refractivity (Wildman–Crippen MR) is 70.8 cm³/mol. The standard InChI is InChI=1S/C14H12F3NOS/c15-12-3-1-9(5-10(12)7-18)8-20(19)11-2-4-13(16)14(17)6-11/h1-6H,7-8,18H2. The van der Waals surface area contributed by atoms with Gasteiger partial charge in [0.05, 0.1) is 16.6 Å². The molecule has 20 heavy (non-hydrogen) atoms. The molecule has 0 aliphatic heterocycles. The first kappa shape index (κ1) is 14.7. The number of hydrogen-bond acceptors (Lipinski definition) is 2. The van der Waals surface area contributed by atoms with Crippen LogP contribution in [0.2, 0.25) is 0 Å². The van der Waals surface area contributed by atoms with Gasteiger partial charge in [0.2, 0.25) is 0 Å². The van der Waals surface area contributed by atoms with Crippen molar-refractivity contribution in [3.05, 3.63) is 65.0 Å².